The summed E-state index contributed by atoms with van der Waals surface area (Å²) in [7, 11) is 2.00. The lowest BCUT2D eigenvalue weighted by molar-refractivity contribution is 0.0943. The number of amides is 1. The van der Waals surface area contributed by atoms with Gasteiger partial charge in [-0.1, -0.05) is 35.5 Å². The number of hydrogen-bond acceptors (Lipinski definition) is 5. The molecule has 25 heavy (non-hydrogen) atoms. The third-order valence-corrected chi connectivity index (χ3v) is 3.73. The Balaban J connectivity index is 1.47. The second kappa shape index (κ2) is 8.25. The summed E-state index contributed by atoms with van der Waals surface area (Å²) in [6.07, 6.45) is 5.27. The lowest BCUT2D eigenvalue weighted by atomic mass is 10.2. The van der Waals surface area contributed by atoms with Gasteiger partial charge in [-0.3, -0.25) is 9.69 Å². The Morgan fingerprint density at radius 1 is 1.28 bits per heavy atom. The highest BCUT2D eigenvalue weighted by Gasteiger charge is 2.13. The van der Waals surface area contributed by atoms with Crippen LogP contribution in [0.5, 0.6) is 0 Å². The number of hydrogen-bond donors (Lipinski definition) is 1. The Labute approximate surface area is 146 Å². The number of aromatic nitrogens is 3. The fourth-order valence-corrected chi connectivity index (χ4v) is 2.52. The molecule has 0 radical (unpaired) electrons. The van der Waals surface area contributed by atoms with E-state index in [1.165, 1.54) is 5.56 Å². The fraction of sp³-hybridized carbons (Fsp3) is 0.278. The van der Waals surface area contributed by atoms with E-state index in [2.05, 4.69) is 32.5 Å². The summed E-state index contributed by atoms with van der Waals surface area (Å²) < 4.78 is 7.17. The minimum Gasteiger partial charge on any atom is -0.359 e. The van der Waals surface area contributed by atoms with Crippen LogP contribution in [0.25, 0.3) is 0 Å². The zero-order valence-electron chi connectivity index (χ0n) is 14.1. The predicted molar refractivity (Wildman–Crippen MR) is 92.7 cm³/mol. The Morgan fingerprint density at radius 2 is 2.12 bits per heavy atom. The average molecular weight is 339 g/mol. The van der Waals surface area contributed by atoms with E-state index < -0.39 is 0 Å². The maximum absolute atomic E-state index is 12.1. The molecule has 3 rings (SSSR count). The first-order valence-corrected chi connectivity index (χ1v) is 8.13. The number of benzene rings is 1. The molecule has 0 atom stereocenters. The lowest BCUT2D eigenvalue weighted by Crippen LogP contribution is -2.27. The van der Waals surface area contributed by atoms with Gasteiger partial charge in [0.15, 0.2) is 11.5 Å². The molecule has 0 bridgehead atoms. The van der Waals surface area contributed by atoms with Crippen molar-refractivity contribution >= 4 is 5.91 Å². The summed E-state index contributed by atoms with van der Waals surface area (Å²) in [6.45, 7) is 2.56. The van der Waals surface area contributed by atoms with Crippen molar-refractivity contribution in [2.75, 3.05) is 13.6 Å². The Hall–Kier alpha value is -2.93. The van der Waals surface area contributed by atoms with Gasteiger partial charge in [-0.15, -0.1) is 0 Å². The molecule has 130 valence electrons. The van der Waals surface area contributed by atoms with Crippen molar-refractivity contribution in [1.82, 2.24) is 24.9 Å². The quantitative estimate of drug-likeness (QED) is 0.679. The molecule has 1 N–H and O–H groups in total. The molecule has 0 aliphatic heterocycles. The number of rotatable bonds is 8. The van der Waals surface area contributed by atoms with Crippen molar-refractivity contribution < 1.29 is 9.32 Å². The van der Waals surface area contributed by atoms with E-state index in [0.717, 1.165) is 6.54 Å². The summed E-state index contributed by atoms with van der Waals surface area (Å²) >= 11 is 0. The minimum absolute atomic E-state index is 0.235. The highest BCUT2D eigenvalue weighted by atomic mass is 16.5. The molecule has 2 heterocycles. The third kappa shape index (κ3) is 5.02. The average Bonchev–Trinajstić information content (AvgIpc) is 3.27. The van der Waals surface area contributed by atoms with Crippen molar-refractivity contribution in [1.29, 1.82) is 0 Å². The van der Waals surface area contributed by atoms with Crippen LogP contribution in [0, 0.1) is 0 Å². The smallest absolute Gasteiger partial charge is 0.273 e. The van der Waals surface area contributed by atoms with Gasteiger partial charge >= 0.3 is 0 Å². The summed E-state index contributed by atoms with van der Waals surface area (Å²) in [5.74, 6) is 0.430. The van der Waals surface area contributed by atoms with E-state index in [1.54, 1.807) is 18.6 Å². The molecule has 0 unspecified atom stereocenters. The van der Waals surface area contributed by atoms with Crippen LogP contribution in [0.4, 0.5) is 0 Å². The van der Waals surface area contributed by atoms with Crippen LogP contribution in [-0.4, -0.2) is 39.1 Å². The van der Waals surface area contributed by atoms with Crippen LogP contribution in [0.15, 0.2) is 59.6 Å². The van der Waals surface area contributed by atoms with Crippen LogP contribution in [0.1, 0.15) is 21.8 Å². The van der Waals surface area contributed by atoms with Gasteiger partial charge in [0.25, 0.3) is 5.91 Å². The van der Waals surface area contributed by atoms with Crippen molar-refractivity contribution in [2.24, 2.45) is 0 Å². The van der Waals surface area contributed by atoms with Gasteiger partial charge in [0, 0.05) is 38.1 Å². The summed E-state index contributed by atoms with van der Waals surface area (Å²) in [5.41, 5.74) is 1.52. The van der Waals surface area contributed by atoms with Gasteiger partial charge in [0.05, 0.1) is 12.9 Å². The summed E-state index contributed by atoms with van der Waals surface area (Å²) in [4.78, 5) is 18.2. The van der Waals surface area contributed by atoms with E-state index in [9.17, 15) is 4.79 Å². The molecule has 0 fully saturated rings. The Bertz CT molecular complexity index is 783. The topological polar surface area (TPSA) is 76.2 Å². The number of nitrogens with zero attached hydrogens (tertiary/aromatic N) is 4. The number of carbonyl (C=O) groups is 1. The normalized spacial score (nSPS) is 11.0. The van der Waals surface area contributed by atoms with Crippen molar-refractivity contribution in [3.8, 4) is 0 Å². The van der Waals surface area contributed by atoms with Crippen molar-refractivity contribution in [2.45, 2.75) is 19.6 Å². The molecule has 0 aliphatic carbocycles. The van der Waals surface area contributed by atoms with Crippen LogP contribution < -0.4 is 5.32 Å². The Morgan fingerprint density at radius 3 is 2.88 bits per heavy atom. The standard InChI is InChI=1S/C18H21N5O2/c1-22(12-15-5-3-2-4-6-15)13-16-11-17(21-25-16)18(24)20-8-10-23-9-7-19-14-23/h2-7,9,11,14H,8,10,12-13H2,1H3,(H,20,24). The fourth-order valence-electron chi connectivity index (χ4n) is 2.52. The monoisotopic (exact) mass is 339 g/mol. The molecule has 7 heteroatoms. The summed E-state index contributed by atoms with van der Waals surface area (Å²) in [6, 6.07) is 11.9. The zero-order valence-corrected chi connectivity index (χ0v) is 14.1. The SMILES string of the molecule is CN(Cc1ccccc1)Cc1cc(C(=O)NCCn2ccnc2)no1. The van der Waals surface area contributed by atoms with E-state index in [4.69, 9.17) is 4.52 Å². The molecule has 1 aromatic carbocycles. The van der Waals surface area contributed by atoms with Crippen LogP contribution in [0.2, 0.25) is 0 Å². The molecule has 3 aromatic rings. The van der Waals surface area contributed by atoms with E-state index >= 15 is 0 Å². The molecule has 0 saturated carbocycles. The number of imidazole rings is 1. The van der Waals surface area contributed by atoms with Gasteiger partial charge < -0.3 is 14.4 Å². The molecular formula is C18H21N5O2. The highest BCUT2D eigenvalue weighted by Crippen LogP contribution is 2.09. The van der Waals surface area contributed by atoms with E-state index in [1.807, 2.05) is 36.0 Å². The first kappa shape index (κ1) is 16.9. The lowest BCUT2D eigenvalue weighted by Gasteiger charge is -2.14. The number of carbonyl (C=O) groups excluding carboxylic acids is 1. The second-order valence-corrected chi connectivity index (χ2v) is 5.89. The van der Waals surface area contributed by atoms with Gasteiger partial charge in [-0.25, -0.2) is 4.98 Å². The van der Waals surface area contributed by atoms with E-state index in [0.29, 0.717) is 31.1 Å². The Kier molecular flexibility index (Phi) is 5.58. The first-order chi connectivity index (χ1) is 12.2. The van der Waals surface area contributed by atoms with Crippen molar-refractivity contribution in [3.05, 3.63) is 72.1 Å². The molecule has 2 aromatic heterocycles. The molecule has 1 amide bonds. The van der Waals surface area contributed by atoms with Crippen LogP contribution >= 0.6 is 0 Å². The molecule has 0 spiro atoms. The van der Waals surface area contributed by atoms with Gasteiger partial charge in [0.1, 0.15) is 0 Å². The molecule has 0 saturated heterocycles. The highest BCUT2D eigenvalue weighted by molar-refractivity contribution is 5.92. The first-order valence-electron chi connectivity index (χ1n) is 8.13. The van der Waals surface area contributed by atoms with Gasteiger partial charge in [-0.2, -0.15) is 0 Å². The van der Waals surface area contributed by atoms with Crippen LogP contribution in [-0.2, 0) is 19.6 Å². The maximum atomic E-state index is 12.1. The minimum atomic E-state index is -0.235. The van der Waals surface area contributed by atoms with E-state index in [-0.39, 0.29) is 5.91 Å². The van der Waals surface area contributed by atoms with Crippen LogP contribution in [0.3, 0.4) is 0 Å². The largest absolute Gasteiger partial charge is 0.359 e. The molecular weight excluding hydrogens is 318 g/mol. The molecule has 0 aliphatic rings. The van der Waals surface area contributed by atoms with Gasteiger partial charge in [0.2, 0.25) is 0 Å². The van der Waals surface area contributed by atoms with Crippen molar-refractivity contribution in [3.63, 3.8) is 0 Å². The number of nitrogens with one attached hydrogen (secondary N) is 1. The predicted octanol–water partition coefficient (Wildman–Crippen LogP) is 1.93. The zero-order chi connectivity index (χ0) is 17.5. The second-order valence-electron chi connectivity index (χ2n) is 5.89. The summed E-state index contributed by atoms with van der Waals surface area (Å²) in [5, 5.41) is 6.68. The van der Waals surface area contributed by atoms with Gasteiger partial charge in [-0.05, 0) is 12.6 Å². The maximum Gasteiger partial charge on any atom is 0.273 e. The third-order valence-electron chi connectivity index (χ3n) is 3.73. The molecule has 7 nitrogen and oxygen atoms in total.